The Bertz CT molecular complexity index is 626. The minimum Gasteiger partial charge on any atom is -0.495 e. The summed E-state index contributed by atoms with van der Waals surface area (Å²) in [5, 5.41) is 0.286. The van der Waals surface area contributed by atoms with Crippen molar-refractivity contribution < 1.29 is 17.9 Å². The predicted molar refractivity (Wildman–Crippen MR) is 86.0 cm³/mol. The lowest BCUT2D eigenvalue weighted by Gasteiger charge is -2.36. The van der Waals surface area contributed by atoms with Gasteiger partial charge in [0.15, 0.2) is 0 Å². The van der Waals surface area contributed by atoms with Crippen LogP contribution in [0, 0.1) is 5.41 Å². The molecule has 1 aromatic rings. The van der Waals surface area contributed by atoms with Crippen molar-refractivity contribution in [2.75, 3.05) is 33.9 Å². The Hall–Kier alpha value is -0.820. The first-order valence-electron chi connectivity index (χ1n) is 7.16. The molecule has 1 saturated heterocycles. The molecule has 2 rings (SSSR count). The number of nitrogens with zero attached hydrogens (tertiary/aromatic N) is 1. The monoisotopic (exact) mass is 347 g/mol. The van der Waals surface area contributed by atoms with Crippen molar-refractivity contribution >= 4 is 21.6 Å². The van der Waals surface area contributed by atoms with Gasteiger partial charge in [0.2, 0.25) is 10.0 Å². The van der Waals surface area contributed by atoms with E-state index in [1.807, 2.05) is 0 Å². The molecule has 1 aliphatic heterocycles. The van der Waals surface area contributed by atoms with Gasteiger partial charge in [-0.2, -0.15) is 0 Å². The number of methoxy groups -OCH3 is 1. The van der Waals surface area contributed by atoms with Crippen LogP contribution < -0.4 is 4.74 Å². The highest BCUT2D eigenvalue weighted by Gasteiger charge is 2.33. The van der Waals surface area contributed by atoms with Crippen LogP contribution in [0.4, 0.5) is 0 Å². The van der Waals surface area contributed by atoms with E-state index in [4.69, 9.17) is 21.1 Å². The Morgan fingerprint density at radius 2 is 2.00 bits per heavy atom. The van der Waals surface area contributed by atoms with Crippen LogP contribution in [0.5, 0.6) is 5.75 Å². The van der Waals surface area contributed by atoms with Crippen molar-refractivity contribution in [3.8, 4) is 5.75 Å². The molecule has 22 heavy (non-hydrogen) atoms. The van der Waals surface area contributed by atoms with E-state index in [2.05, 4.69) is 6.92 Å². The lowest BCUT2D eigenvalue weighted by atomic mass is 9.82. The Morgan fingerprint density at radius 1 is 1.36 bits per heavy atom. The molecule has 0 radical (unpaired) electrons. The summed E-state index contributed by atoms with van der Waals surface area (Å²) in [7, 11) is -0.473. The van der Waals surface area contributed by atoms with Gasteiger partial charge in [0, 0.05) is 26.8 Å². The molecule has 0 bridgehead atoms. The Morgan fingerprint density at radius 3 is 2.55 bits per heavy atom. The van der Waals surface area contributed by atoms with E-state index in [1.165, 1.54) is 23.5 Å². The molecule has 124 valence electrons. The summed E-state index contributed by atoms with van der Waals surface area (Å²) in [4.78, 5) is 0.177. The van der Waals surface area contributed by atoms with Crippen LogP contribution >= 0.6 is 11.6 Å². The van der Waals surface area contributed by atoms with E-state index in [0.717, 1.165) is 12.8 Å². The van der Waals surface area contributed by atoms with Crippen molar-refractivity contribution in [1.29, 1.82) is 0 Å². The normalized spacial score (nSPS) is 18.4. The Labute approximate surface area is 137 Å². The number of rotatable bonds is 5. The summed E-state index contributed by atoms with van der Waals surface area (Å²) < 4.78 is 37.2. The minimum absolute atomic E-state index is 0.0592. The van der Waals surface area contributed by atoms with Crippen LogP contribution in [0.1, 0.15) is 19.8 Å². The van der Waals surface area contributed by atoms with Gasteiger partial charge in [-0.05, 0) is 36.5 Å². The molecule has 0 aliphatic carbocycles. The summed E-state index contributed by atoms with van der Waals surface area (Å²) in [5.74, 6) is 0.458. The second-order valence-corrected chi connectivity index (χ2v) is 8.43. The number of hydrogen-bond acceptors (Lipinski definition) is 4. The van der Waals surface area contributed by atoms with Gasteiger partial charge in [0.1, 0.15) is 5.75 Å². The third kappa shape index (κ3) is 3.74. The zero-order valence-electron chi connectivity index (χ0n) is 13.1. The van der Waals surface area contributed by atoms with Gasteiger partial charge < -0.3 is 9.47 Å². The zero-order valence-corrected chi connectivity index (χ0v) is 14.7. The average Bonchev–Trinajstić information content (AvgIpc) is 2.47. The highest BCUT2D eigenvalue weighted by molar-refractivity contribution is 7.89. The molecule has 0 unspecified atom stereocenters. The lowest BCUT2D eigenvalue weighted by Crippen LogP contribution is -2.40. The maximum atomic E-state index is 12.7. The fraction of sp³-hybridized carbons (Fsp3) is 0.600. The molecular weight excluding hydrogens is 326 g/mol. The van der Waals surface area contributed by atoms with E-state index < -0.39 is 10.0 Å². The van der Waals surface area contributed by atoms with Crippen LogP contribution in [0.3, 0.4) is 0 Å². The van der Waals surface area contributed by atoms with E-state index in [0.29, 0.717) is 25.5 Å². The van der Waals surface area contributed by atoms with Crippen molar-refractivity contribution in [2.45, 2.75) is 24.7 Å². The van der Waals surface area contributed by atoms with E-state index >= 15 is 0 Å². The average molecular weight is 348 g/mol. The smallest absolute Gasteiger partial charge is 0.242 e. The molecule has 5 nitrogen and oxygen atoms in total. The van der Waals surface area contributed by atoms with E-state index in [1.54, 1.807) is 13.1 Å². The van der Waals surface area contributed by atoms with Crippen LogP contribution in [-0.4, -0.2) is 46.6 Å². The quantitative estimate of drug-likeness (QED) is 0.821. The first-order valence-corrected chi connectivity index (χ1v) is 8.98. The molecular formula is C15H22ClNO4S. The second-order valence-electron chi connectivity index (χ2n) is 5.98. The summed E-state index contributed by atoms with van der Waals surface area (Å²) in [6.45, 7) is 3.92. The standard InChI is InChI=1S/C15H22ClNO4S/c1-15(6-8-21-9-7-15)11-17(2)22(18,19)12-4-5-14(20-3)13(16)10-12/h4-5,10H,6-9,11H2,1-3H3. The molecule has 0 N–H and O–H groups in total. The molecule has 0 amide bonds. The fourth-order valence-electron chi connectivity index (χ4n) is 2.63. The van der Waals surface area contributed by atoms with Gasteiger partial charge in [0.05, 0.1) is 17.0 Å². The first kappa shape index (κ1) is 17.5. The zero-order chi connectivity index (χ0) is 16.4. The molecule has 0 saturated carbocycles. The Kier molecular flexibility index (Phi) is 5.37. The van der Waals surface area contributed by atoms with Crippen LogP contribution in [-0.2, 0) is 14.8 Å². The number of ether oxygens (including phenoxy) is 2. The SMILES string of the molecule is COc1ccc(S(=O)(=O)N(C)CC2(C)CCOCC2)cc1Cl. The van der Waals surface area contributed by atoms with Gasteiger partial charge >= 0.3 is 0 Å². The highest BCUT2D eigenvalue weighted by Crippen LogP contribution is 2.33. The maximum absolute atomic E-state index is 12.7. The van der Waals surface area contributed by atoms with Gasteiger partial charge in [0.25, 0.3) is 0 Å². The maximum Gasteiger partial charge on any atom is 0.242 e. The first-order chi connectivity index (χ1) is 10.3. The number of sulfonamides is 1. The number of benzene rings is 1. The number of halogens is 1. The molecule has 1 fully saturated rings. The Balaban J connectivity index is 2.20. The summed E-state index contributed by atoms with van der Waals surface area (Å²) in [5.41, 5.74) is -0.0592. The molecule has 7 heteroatoms. The topological polar surface area (TPSA) is 55.8 Å². The van der Waals surface area contributed by atoms with Gasteiger partial charge in [-0.25, -0.2) is 12.7 Å². The molecule has 1 heterocycles. The molecule has 0 spiro atoms. The van der Waals surface area contributed by atoms with Crippen LogP contribution in [0.2, 0.25) is 5.02 Å². The fourth-order valence-corrected chi connectivity index (χ4v) is 4.30. The van der Waals surface area contributed by atoms with Crippen molar-refractivity contribution in [1.82, 2.24) is 4.31 Å². The minimum atomic E-state index is -3.57. The third-order valence-electron chi connectivity index (χ3n) is 4.14. The highest BCUT2D eigenvalue weighted by atomic mass is 35.5. The van der Waals surface area contributed by atoms with Crippen molar-refractivity contribution in [3.05, 3.63) is 23.2 Å². The van der Waals surface area contributed by atoms with Crippen LogP contribution in [0.25, 0.3) is 0 Å². The predicted octanol–water partition coefficient (Wildman–Crippen LogP) is 2.79. The summed E-state index contributed by atoms with van der Waals surface area (Å²) in [6, 6.07) is 4.51. The summed E-state index contributed by atoms with van der Waals surface area (Å²) >= 11 is 6.04. The lowest BCUT2D eigenvalue weighted by molar-refractivity contribution is 0.0175. The van der Waals surface area contributed by atoms with Gasteiger partial charge in [-0.15, -0.1) is 0 Å². The van der Waals surface area contributed by atoms with Gasteiger partial charge in [-0.3, -0.25) is 0 Å². The molecule has 0 atom stereocenters. The molecule has 1 aliphatic rings. The van der Waals surface area contributed by atoms with Crippen molar-refractivity contribution in [3.63, 3.8) is 0 Å². The van der Waals surface area contributed by atoms with E-state index in [-0.39, 0.29) is 15.3 Å². The van der Waals surface area contributed by atoms with Crippen LogP contribution in [0.15, 0.2) is 23.1 Å². The van der Waals surface area contributed by atoms with Gasteiger partial charge in [-0.1, -0.05) is 18.5 Å². The second kappa shape index (κ2) is 6.74. The third-order valence-corrected chi connectivity index (χ3v) is 6.23. The summed E-state index contributed by atoms with van der Waals surface area (Å²) in [6.07, 6.45) is 1.71. The van der Waals surface area contributed by atoms with Crippen molar-refractivity contribution in [2.24, 2.45) is 5.41 Å². The largest absolute Gasteiger partial charge is 0.495 e. The molecule has 1 aromatic carbocycles. The van der Waals surface area contributed by atoms with E-state index in [9.17, 15) is 8.42 Å². The number of hydrogen-bond donors (Lipinski definition) is 0. The molecule has 0 aromatic heterocycles.